The minimum Gasteiger partial charge on any atom is -0.444 e. The van der Waals surface area contributed by atoms with Crippen molar-refractivity contribution in [3.05, 3.63) is 66.9 Å². The quantitative estimate of drug-likeness (QED) is 0.461. The molecule has 9 nitrogen and oxygen atoms in total. The lowest BCUT2D eigenvalue weighted by Gasteiger charge is -2.11. The molecule has 29 heavy (non-hydrogen) atoms. The molecule has 4 N–H and O–H groups in total. The monoisotopic (exact) mass is 398 g/mol. The van der Waals surface area contributed by atoms with Gasteiger partial charge in [0.25, 0.3) is 12.1 Å². The summed E-state index contributed by atoms with van der Waals surface area (Å²) < 4.78 is 12.2. The van der Waals surface area contributed by atoms with Gasteiger partial charge in [-0.15, -0.1) is 0 Å². The van der Waals surface area contributed by atoms with Crippen molar-refractivity contribution in [2.75, 3.05) is 11.9 Å². The summed E-state index contributed by atoms with van der Waals surface area (Å²) in [5.74, 6) is 0.281. The van der Waals surface area contributed by atoms with Gasteiger partial charge in [0.1, 0.15) is 17.8 Å². The maximum Gasteiger partial charge on any atom is 0.292 e. The molecule has 0 unspecified atom stereocenters. The average molecular weight is 398 g/mol. The Kier molecular flexibility index (Phi) is 5.36. The van der Waals surface area contributed by atoms with Crippen LogP contribution in [0.2, 0.25) is 0 Å². The van der Waals surface area contributed by atoms with Crippen molar-refractivity contribution in [1.29, 1.82) is 0 Å². The molecular formula is C20H20N3O6+. The number of aliphatic hydroxyl groups is 3. The molecular weight excluding hydrogens is 378 g/mol. The van der Waals surface area contributed by atoms with Crippen molar-refractivity contribution < 1.29 is 33.8 Å². The second-order valence-electron chi connectivity index (χ2n) is 6.67. The number of pyridine rings is 1. The third kappa shape index (κ3) is 3.89. The zero-order valence-electron chi connectivity index (χ0n) is 15.3. The molecule has 0 aliphatic carbocycles. The molecule has 1 aliphatic rings. The van der Waals surface area contributed by atoms with E-state index in [0.717, 1.165) is 5.56 Å². The standard InChI is InChI=1S/C20H19N3O6/c24-10-16-17(25)18(26)20(29-16)23-7-1-2-13(9-23)19(27)22-14-5-3-12(4-6-14)15-8-21-11-28-15/h1-9,11,16-18,20,24-26H,10H2/p+1/t16-,17-,18-,20-/m1/s1. The number of hydrogen-bond acceptors (Lipinski definition) is 7. The summed E-state index contributed by atoms with van der Waals surface area (Å²) in [6.07, 6.45) is 1.86. The Balaban J connectivity index is 1.48. The Morgan fingerprint density at radius 2 is 1.97 bits per heavy atom. The van der Waals surface area contributed by atoms with Crippen molar-refractivity contribution in [2.45, 2.75) is 24.5 Å². The number of carbonyl (C=O) groups is 1. The number of rotatable bonds is 5. The van der Waals surface area contributed by atoms with Crippen molar-refractivity contribution >= 4 is 11.6 Å². The predicted molar refractivity (Wildman–Crippen MR) is 99.5 cm³/mol. The lowest BCUT2D eigenvalue weighted by molar-refractivity contribution is -0.765. The Morgan fingerprint density at radius 3 is 2.62 bits per heavy atom. The van der Waals surface area contributed by atoms with E-state index in [1.807, 2.05) is 0 Å². The van der Waals surface area contributed by atoms with E-state index in [4.69, 9.17) is 9.15 Å². The van der Waals surface area contributed by atoms with Crippen molar-refractivity contribution in [3.8, 4) is 11.3 Å². The zero-order chi connectivity index (χ0) is 20.4. The van der Waals surface area contributed by atoms with Crippen LogP contribution in [0.25, 0.3) is 11.3 Å². The summed E-state index contributed by atoms with van der Waals surface area (Å²) in [6.45, 7) is -0.417. The summed E-state index contributed by atoms with van der Waals surface area (Å²) in [5, 5.41) is 32.1. The van der Waals surface area contributed by atoms with Gasteiger partial charge < -0.3 is 29.8 Å². The van der Waals surface area contributed by atoms with Gasteiger partial charge in [-0.25, -0.2) is 4.98 Å². The summed E-state index contributed by atoms with van der Waals surface area (Å²) in [5.41, 5.74) is 1.77. The maximum absolute atomic E-state index is 12.6. The number of aromatic nitrogens is 2. The fourth-order valence-corrected chi connectivity index (χ4v) is 3.19. The van der Waals surface area contributed by atoms with Crippen LogP contribution in [0.1, 0.15) is 16.6 Å². The van der Waals surface area contributed by atoms with Crippen LogP contribution in [0.3, 0.4) is 0 Å². The highest BCUT2D eigenvalue weighted by molar-refractivity contribution is 6.03. The summed E-state index contributed by atoms with van der Waals surface area (Å²) in [6, 6.07) is 10.4. The van der Waals surface area contributed by atoms with Gasteiger partial charge in [-0.05, 0) is 30.3 Å². The fourth-order valence-electron chi connectivity index (χ4n) is 3.19. The maximum atomic E-state index is 12.6. The molecule has 150 valence electrons. The number of anilines is 1. The zero-order valence-corrected chi connectivity index (χ0v) is 15.3. The molecule has 3 aromatic rings. The van der Waals surface area contributed by atoms with E-state index >= 15 is 0 Å². The van der Waals surface area contributed by atoms with Crippen LogP contribution >= 0.6 is 0 Å². The van der Waals surface area contributed by atoms with Crippen LogP contribution in [0.4, 0.5) is 5.69 Å². The average Bonchev–Trinajstić information content (AvgIpc) is 3.38. The van der Waals surface area contributed by atoms with E-state index < -0.39 is 31.1 Å². The van der Waals surface area contributed by atoms with E-state index in [-0.39, 0.29) is 5.91 Å². The molecule has 4 rings (SSSR count). The SMILES string of the molecule is O=C(Nc1ccc(-c2cnco2)cc1)c1ccc[n+]([C@@H]2O[C@H](CO)[C@@H](O)[C@H]2O)c1. The number of nitrogens with one attached hydrogen (secondary N) is 1. The number of oxazole rings is 1. The van der Waals surface area contributed by atoms with Gasteiger partial charge in [-0.3, -0.25) is 4.79 Å². The number of nitrogens with zero attached hydrogens (tertiary/aromatic N) is 2. The number of benzene rings is 1. The van der Waals surface area contributed by atoms with E-state index in [1.54, 1.807) is 48.8 Å². The minimum atomic E-state index is -1.22. The first-order valence-corrected chi connectivity index (χ1v) is 9.00. The highest BCUT2D eigenvalue weighted by Gasteiger charge is 2.48. The fraction of sp³-hybridized carbons (Fsp3) is 0.250. The summed E-state index contributed by atoms with van der Waals surface area (Å²) in [4.78, 5) is 16.5. The molecule has 1 fully saturated rings. The van der Waals surface area contributed by atoms with E-state index in [9.17, 15) is 20.1 Å². The Labute approximate surface area is 165 Å². The molecule has 1 aromatic carbocycles. The Bertz CT molecular complexity index is 976. The van der Waals surface area contributed by atoms with Gasteiger partial charge >= 0.3 is 0 Å². The number of aliphatic hydroxyl groups excluding tert-OH is 3. The second-order valence-corrected chi connectivity index (χ2v) is 6.67. The molecule has 9 heteroatoms. The van der Waals surface area contributed by atoms with E-state index in [0.29, 0.717) is 17.0 Å². The van der Waals surface area contributed by atoms with E-state index in [2.05, 4.69) is 10.3 Å². The number of amides is 1. The number of ether oxygens (including phenoxy) is 1. The molecule has 0 bridgehead atoms. The molecule has 1 amide bonds. The topological polar surface area (TPSA) is 129 Å². The van der Waals surface area contributed by atoms with Gasteiger partial charge in [0.2, 0.25) is 0 Å². The molecule has 3 heterocycles. The van der Waals surface area contributed by atoms with Gasteiger partial charge in [0.15, 0.2) is 30.7 Å². The van der Waals surface area contributed by atoms with Gasteiger partial charge in [-0.1, -0.05) is 0 Å². The van der Waals surface area contributed by atoms with Crippen LogP contribution in [0, 0.1) is 0 Å². The lowest BCUT2D eigenvalue weighted by Crippen LogP contribution is -2.46. The van der Waals surface area contributed by atoms with Crippen LogP contribution in [-0.4, -0.2) is 51.1 Å². The summed E-state index contributed by atoms with van der Waals surface area (Å²) >= 11 is 0. The lowest BCUT2D eigenvalue weighted by atomic mass is 10.1. The van der Waals surface area contributed by atoms with E-state index in [1.165, 1.54) is 17.2 Å². The Morgan fingerprint density at radius 1 is 1.17 bits per heavy atom. The minimum absolute atomic E-state index is 0.338. The first kappa shape index (κ1) is 19.2. The third-order valence-electron chi connectivity index (χ3n) is 4.75. The van der Waals surface area contributed by atoms with Crippen molar-refractivity contribution in [2.24, 2.45) is 0 Å². The first-order chi connectivity index (χ1) is 14.1. The van der Waals surface area contributed by atoms with Crippen LogP contribution in [0.15, 0.2) is 65.8 Å². The number of carbonyl (C=O) groups excluding carboxylic acids is 1. The predicted octanol–water partition coefficient (Wildman–Crippen LogP) is 0.493. The first-order valence-electron chi connectivity index (χ1n) is 9.00. The molecule has 4 atom stereocenters. The molecule has 0 saturated carbocycles. The highest BCUT2D eigenvalue weighted by atomic mass is 16.6. The summed E-state index contributed by atoms with van der Waals surface area (Å²) in [7, 11) is 0. The molecule has 0 radical (unpaired) electrons. The molecule has 2 aromatic heterocycles. The third-order valence-corrected chi connectivity index (χ3v) is 4.75. The van der Waals surface area contributed by atoms with Gasteiger partial charge in [0, 0.05) is 17.3 Å². The van der Waals surface area contributed by atoms with Crippen molar-refractivity contribution in [1.82, 2.24) is 4.98 Å². The van der Waals surface area contributed by atoms with Crippen LogP contribution < -0.4 is 9.88 Å². The molecule has 1 saturated heterocycles. The smallest absolute Gasteiger partial charge is 0.292 e. The normalized spacial score (nSPS) is 23.8. The number of hydrogen-bond donors (Lipinski definition) is 4. The van der Waals surface area contributed by atoms with Crippen LogP contribution in [0.5, 0.6) is 0 Å². The largest absolute Gasteiger partial charge is 0.444 e. The van der Waals surface area contributed by atoms with Crippen molar-refractivity contribution in [3.63, 3.8) is 0 Å². The highest BCUT2D eigenvalue weighted by Crippen LogP contribution is 2.25. The molecule has 0 spiro atoms. The van der Waals surface area contributed by atoms with Gasteiger partial charge in [-0.2, -0.15) is 4.57 Å². The Hall–Kier alpha value is -3.11. The molecule has 1 aliphatic heterocycles. The second kappa shape index (κ2) is 8.10. The van der Waals surface area contributed by atoms with Gasteiger partial charge in [0.05, 0.1) is 12.8 Å². The van der Waals surface area contributed by atoms with Crippen LogP contribution in [-0.2, 0) is 4.74 Å².